The summed E-state index contributed by atoms with van der Waals surface area (Å²) in [6, 6.07) is 14.2. The van der Waals surface area contributed by atoms with Gasteiger partial charge in [0.1, 0.15) is 11.3 Å². The minimum Gasteiger partial charge on any atom is -0.492 e. The van der Waals surface area contributed by atoms with E-state index in [0.717, 1.165) is 39.3 Å². The zero-order valence-corrected chi connectivity index (χ0v) is 16.3. The number of amides is 1. The molecule has 0 fully saturated rings. The third-order valence-corrected chi connectivity index (χ3v) is 5.33. The van der Waals surface area contributed by atoms with Crippen LogP contribution < -0.4 is 9.54 Å². The SMILES string of the molecule is CCOc1cccc2sc(=NC(=O)Cc3ccc(CC)cc3)n(CC)c12. The molecule has 136 valence electrons. The fourth-order valence-corrected chi connectivity index (χ4v) is 4.09. The Morgan fingerprint density at radius 1 is 1.08 bits per heavy atom. The van der Waals surface area contributed by atoms with Crippen LogP contribution in [0.2, 0.25) is 0 Å². The summed E-state index contributed by atoms with van der Waals surface area (Å²) in [6.45, 7) is 7.50. The first-order chi connectivity index (χ1) is 12.7. The van der Waals surface area contributed by atoms with Crippen molar-refractivity contribution in [2.75, 3.05) is 6.61 Å². The molecule has 0 bridgehead atoms. The number of hydrogen-bond acceptors (Lipinski definition) is 3. The maximum atomic E-state index is 12.5. The standard InChI is InChI=1S/C21H24N2O2S/c1-4-15-10-12-16(13-11-15)14-19(24)22-21-23(5-2)20-17(25-6-3)8-7-9-18(20)26-21/h7-13H,4-6,14H2,1-3H3. The van der Waals surface area contributed by atoms with Crippen LogP contribution in [-0.4, -0.2) is 17.1 Å². The van der Waals surface area contributed by atoms with E-state index in [2.05, 4.69) is 35.5 Å². The second kappa shape index (κ2) is 8.32. The van der Waals surface area contributed by atoms with Crippen molar-refractivity contribution >= 4 is 27.5 Å². The quantitative estimate of drug-likeness (QED) is 0.649. The fraction of sp³-hybridized carbons (Fsp3) is 0.333. The van der Waals surface area contributed by atoms with Crippen molar-refractivity contribution in [2.45, 2.75) is 40.2 Å². The molecule has 2 aromatic carbocycles. The Balaban J connectivity index is 1.95. The maximum absolute atomic E-state index is 12.5. The summed E-state index contributed by atoms with van der Waals surface area (Å²) in [7, 11) is 0. The molecular formula is C21H24N2O2S. The van der Waals surface area contributed by atoms with Gasteiger partial charge in [-0.05, 0) is 43.5 Å². The molecule has 4 nitrogen and oxygen atoms in total. The van der Waals surface area contributed by atoms with Gasteiger partial charge in [-0.3, -0.25) is 4.79 Å². The zero-order chi connectivity index (χ0) is 18.5. The summed E-state index contributed by atoms with van der Waals surface area (Å²) in [6.07, 6.45) is 1.32. The maximum Gasteiger partial charge on any atom is 0.252 e. The smallest absolute Gasteiger partial charge is 0.252 e. The highest BCUT2D eigenvalue weighted by atomic mass is 32.1. The molecule has 0 saturated heterocycles. The number of thiazole rings is 1. The molecule has 0 N–H and O–H groups in total. The lowest BCUT2D eigenvalue weighted by Gasteiger charge is -2.07. The Hall–Kier alpha value is -2.40. The van der Waals surface area contributed by atoms with Crippen LogP contribution in [0.1, 0.15) is 31.9 Å². The van der Waals surface area contributed by atoms with Gasteiger partial charge in [-0.2, -0.15) is 4.99 Å². The Labute approximate surface area is 157 Å². The predicted octanol–water partition coefficient (Wildman–Crippen LogP) is 4.35. The molecule has 0 aliphatic rings. The Morgan fingerprint density at radius 2 is 1.81 bits per heavy atom. The van der Waals surface area contributed by atoms with E-state index in [-0.39, 0.29) is 5.91 Å². The molecule has 5 heteroatoms. The van der Waals surface area contributed by atoms with E-state index in [1.54, 1.807) is 0 Å². The molecule has 0 unspecified atom stereocenters. The Morgan fingerprint density at radius 3 is 2.46 bits per heavy atom. The van der Waals surface area contributed by atoms with Crippen molar-refractivity contribution in [3.8, 4) is 5.75 Å². The van der Waals surface area contributed by atoms with Crippen LogP contribution in [0.4, 0.5) is 0 Å². The lowest BCUT2D eigenvalue weighted by atomic mass is 10.1. The molecule has 0 aliphatic carbocycles. The predicted molar refractivity (Wildman–Crippen MR) is 107 cm³/mol. The van der Waals surface area contributed by atoms with Crippen LogP contribution in [0, 0.1) is 0 Å². The average molecular weight is 369 g/mol. The summed E-state index contributed by atoms with van der Waals surface area (Å²) in [5.74, 6) is 0.716. The number of fused-ring (bicyclic) bond motifs is 1. The van der Waals surface area contributed by atoms with Crippen molar-refractivity contribution in [2.24, 2.45) is 4.99 Å². The second-order valence-corrected chi connectivity index (χ2v) is 7.03. The summed E-state index contributed by atoms with van der Waals surface area (Å²) in [5, 5.41) is 0. The first-order valence-corrected chi connectivity index (χ1v) is 9.88. The molecule has 0 saturated carbocycles. The van der Waals surface area contributed by atoms with Gasteiger partial charge < -0.3 is 9.30 Å². The molecule has 26 heavy (non-hydrogen) atoms. The first kappa shape index (κ1) is 18.4. The van der Waals surface area contributed by atoms with Crippen LogP contribution >= 0.6 is 11.3 Å². The van der Waals surface area contributed by atoms with E-state index in [0.29, 0.717) is 13.0 Å². The van der Waals surface area contributed by atoms with E-state index in [1.807, 2.05) is 37.3 Å². The van der Waals surface area contributed by atoms with Crippen LogP contribution in [0.15, 0.2) is 47.5 Å². The number of nitrogens with zero attached hydrogens (tertiary/aromatic N) is 2. The van der Waals surface area contributed by atoms with Crippen molar-refractivity contribution in [1.82, 2.24) is 4.57 Å². The summed E-state index contributed by atoms with van der Waals surface area (Å²) in [4.78, 5) is 17.6. The summed E-state index contributed by atoms with van der Waals surface area (Å²) >= 11 is 1.53. The highest BCUT2D eigenvalue weighted by Gasteiger charge is 2.11. The van der Waals surface area contributed by atoms with Gasteiger partial charge in [0.15, 0.2) is 4.80 Å². The third kappa shape index (κ3) is 3.88. The topological polar surface area (TPSA) is 43.6 Å². The number of rotatable bonds is 6. The normalized spacial score (nSPS) is 11.9. The zero-order valence-electron chi connectivity index (χ0n) is 15.5. The van der Waals surface area contributed by atoms with E-state index in [4.69, 9.17) is 4.74 Å². The van der Waals surface area contributed by atoms with Gasteiger partial charge in [0.2, 0.25) is 0 Å². The minimum atomic E-state index is -0.124. The molecule has 0 spiro atoms. The molecule has 3 rings (SSSR count). The molecular weight excluding hydrogens is 344 g/mol. The van der Waals surface area contributed by atoms with Crippen LogP contribution in [0.3, 0.4) is 0 Å². The van der Waals surface area contributed by atoms with Gasteiger partial charge in [-0.25, -0.2) is 0 Å². The summed E-state index contributed by atoms with van der Waals surface area (Å²) < 4.78 is 8.90. The van der Waals surface area contributed by atoms with Gasteiger partial charge >= 0.3 is 0 Å². The van der Waals surface area contributed by atoms with Gasteiger partial charge in [0, 0.05) is 6.54 Å². The number of ether oxygens (including phenoxy) is 1. The van der Waals surface area contributed by atoms with Crippen molar-refractivity contribution in [3.05, 3.63) is 58.4 Å². The van der Waals surface area contributed by atoms with Crippen molar-refractivity contribution in [1.29, 1.82) is 0 Å². The average Bonchev–Trinajstić information content (AvgIpc) is 3.00. The molecule has 0 radical (unpaired) electrons. The largest absolute Gasteiger partial charge is 0.492 e. The number of benzene rings is 2. The van der Waals surface area contributed by atoms with Gasteiger partial charge in [0.05, 0.1) is 17.7 Å². The molecule has 1 amide bonds. The molecule has 0 aliphatic heterocycles. The summed E-state index contributed by atoms with van der Waals surface area (Å²) in [5.41, 5.74) is 3.28. The molecule has 1 aromatic heterocycles. The van der Waals surface area contributed by atoms with Gasteiger partial charge in [-0.15, -0.1) is 0 Å². The Kier molecular flexibility index (Phi) is 5.89. The van der Waals surface area contributed by atoms with E-state index >= 15 is 0 Å². The van der Waals surface area contributed by atoms with Gasteiger partial charge in [0.25, 0.3) is 5.91 Å². The number of aromatic nitrogens is 1. The van der Waals surface area contributed by atoms with Crippen LogP contribution in [0.5, 0.6) is 5.75 Å². The molecule has 3 aromatic rings. The van der Waals surface area contributed by atoms with E-state index in [1.165, 1.54) is 16.9 Å². The lowest BCUT2D eigenvalue weighted by Crippen LogP contribution is -2.17. The third-order valence-electron chi connectivity index (χ3n) is 4.29. The van der Waals surface area contributed by atoms with Crippen LogP contribution in [0.25, 0.3) is 10.2 Å². The fourth-order valence-electron chi connectivity index (χ4n) is 2.96. The van der Waals surface area contributed by atoms with E-state index < -0.39 is 0 Å². The highest BCUT2D eigenvalue weighted by molar-refractivity contribution is 7.16. The molecule has 0 atom stereocenters. The van der Waals surface area contributed by atoms with Gasteiger partial charge in [-0.1, -0.05) is 48.6 Å². The number of carbonyl (C=O) groups excluding carboxylic acids is 1. The Bertz CT molecular complexity index is 968. The molecule has 1 heterocycles. The van der Waals surface area contributed by atoms with Crippen molar-refractivity contribution in [3.63, 3.8) is 0 Å². The number of hydrogen-bond donors (Lipinski definition) is 0. The van der Waals surface area contributed by atoms with Crippen molar-refractivity contribution < 1.29 is 9.53 Å². The minimum absolute atomic E-state index is 0.124. The number of aryl methyl sites for hydroxylation is 2. The van der Waals surface area contributed by atoms with Crippen LogP contribution in [-0.2, 0) is 24.2 Å². The monoisotopic (exact) mass is 368 g/mol. The number of para-hydroxylation sites is 1. The van der Waals surface area contributed by atoms with E-state index in [9.17, 15) is 4.79 Å². The highest BCUT2D eigenvalue weighted by Crippen LogP contribution is 2.27. The first-order valence-electron chi connectivity index (χ1n) is 9.06. The second-order valence-electron chi connectivity index (χ2n) is 6.02. The number of carbonyl (C=O) groups is 1. The lowest BCUT2D eigenvalue weighted by molar-refractivity contribution is -0.117.